The zero-order valence-electron chi connectivity index (χ0n) is 15.1. The average molecular weight is 338 g/mol. The van der Waals surface area contributed by atoms with Gasteiger partial charge in [-0.05, 0) is 62.7 Å². The maximum atomic E-state index is 12.2. The van der Waals surface area contributed by atoms with E-state index in [0.717, 1.165) is 11.8 Å². The van der Waals surface area contributed by atoms with Gasteiger partial charge in [-0.25, -0.2) is 4.79 Å². The molecule has 0 saturated heterocycles. The van der Waals surface area contributed by atoms with Crippen molar-refractivity contribution in [3.63, 3.8) is 0 Å². The SMILES string of the molecule is CC(C)C(=O)OCCOCC(=O)OC1(C)C2CC3CC(C2)CC1C3. The van der Waals surface area contributed by atoms with E-state index in [1.54, 1.807) is 13.8 Å². The minimum absolute atomic E-state index is 0.0683. The topological polar surface area (TPSA) is 61.8 Å². The number of carbonyl (C=O) groups excluding carboxylic acids is 2. The molecule has 4 bridgehead atoms. The molecule has 0 aromatic rings. The number of carbonyl (C=O) groups is 2. The molecule has 0 aromatic heterocycles. The zero-order valence-corrected chi connectivity index (χ0v) is 15.1. The summed E-state index contributed by atoms with van der Waals surface area (Å²) in [6, 6.07) is 0. The van der Waals surface area contributed by atoms with Crippen molar-refractivity contribution in [1.82, 2.24) is 0 Å². The molecule has 0 aliphatic heterocycles. The molecule has 5 heteroatoms. The average Bonchev–Trinajstić information content (AvgIpc) is 2.51. The van der Waals surface area contributed by atoms with E-state index >= 15 is 0 Å². The van der Waals surface area contributed by atoms with Crippen LogP contribution < -0.4 is 0 Å². The third-order valence-electron chi connectivity index (χ3n) is 6.26. The lowest BCUT2D eigenvalue weighted by molar-refractivity contribution is -0.206. The molecule has 4 saturated carbocycles. The highest BCUT2D eigenvalue weighted by atomic mass is 16.6. The Morgan fingerprint density at radius 3 is 2.12 bits per heavy atom. The lowest BCUT2D eigenvalue weighted by Gasteiger charge is -2.59. The molecular weight excluding hydrogens is 308 g/mol. The fraction of sp³-hybridized carbons (Fsp3) is 0.895. The minimum Gasteiger partial charge on any atom is -0.463 e. The van der Waals surface area contributed by atoms with Crippen LogP contribution in [-0.2, 0) is 23.8 Å². The molecule has 5 nitrogen and oxygen atoms in total. The van der Waals surface area contributed by atoms with Gasteiger partial charge in [-0.1, -0.05) is 13.8 Å². The number of hydrogen-bond donors (Lipinski definition) is 0. The van der Waals surface area contributed by atoms with Gasteiger partial charge in [-0.3, -0.25) is 4.79 Å². The molecule has 0 amide bonds. The summed E-state index contributed by atoms with van der Waals surface area (Å²) in [4.78, 5) is 23.5. The number of hydrogen-bond acceptors (Lipinski definition) is 5. The summed E-state index contributed by atoms with van der Waals surface area (Å²) < 4.78 is 16.2. The van der Waals surface area contributed by atoms with Crippen LogP contribution in [0.3, 0.4) is 0 Å². The van der Waals surface area contributed by atoms with Gasteiger partial charge in [0.1, 0.15) is 18.8 Å². The monoisotopic (exact) mass is 338 g/mol. The van der Waals surface area contributed by atoms with Crippen LogP contribution in [0.25, 0.3) is 0 Å². The normalized spacial score (nSPS) is 36.8. The zero-order chi connectivity index (χ0) is 17.3. The first-order valence-electron chi connectivity index (χ1n) is 9.34. The van der Waals surface area contributed by atoms with Crippen LogP contribution in [0.1, 0.15) is 52.9 Å². The van der Waals surface area contributed by atoms with E-state index in [0.29, 0.717) is 11.8 Å². The summed E-state index contributed by atoms with van der Waals surface area (Å²) in [5.74, 6) is 2.06. The molecule has 4 fully saturated rings. The fourth-order valence-electron chi connectivity index (χ4n) is 5.08. The summed E-state index contributed by atoms with van der Waals surface area (Å²) >= 11 is 0. The van der Waals surface area contributed by atoms with Crippen molar-refractivity contribution >= 4 is 11.9 Å². The molecule has 0 aromatic carbocycles. The quantitative estimate of drug-likeness (QED) is 0.527. The maximum absolute atomic E-state index is 12.2. The van der Waals surface area contributed by atoms with Gasteiger partial charge in [0.2, 0.25) is 0 Å². The summed E-state index contributed by atoms with van der Waals surface area (Å²) in [6.45, 7) is 6.03. The Labute approximate surface area is 144 Å². The number of esters is 2. The van der Waals surface area contributed by atoms with Crippen molar-refractivity contribution in [3.8, 4) is 0 Å². The van der Waals surface area contributed by atoms with E-state index < -0.39 is 0 Å². The predicted molar refractivity (Wildman–Crippen MR) is 88.2 cm³/mol. The lowest BCUT2D eigenvalue weighted by atomic mass is 9.50. The van der Waals surface area contributed by atoms with Crippen molar-refractivity contribution in [2.75, 3.05) is 19.8 Å². The van der Waals surface area contributed by atoms with Gasteiger partial charge >= 0.3 is 11.9 Å². The van der Waals surface area contributed by atoms with E-state index in [1.165, 1.54) is 32.1 Å². The van der Waals surface area contributed by atoms with Gasteiger partial charge in [0.15, 0.2) is 0 Å². The molecule has 4 aliphatic carbocycles. The molecule has 0 N–H and O–H groups in total. The van der Waals surface area contributed by atoms with Gasteiger partial charge in [0.05, 0.1) is 12.5 Å². The highest BCUT2D eigenvalue weighted by Gasteiger charge is 2.56. The van der Waals surface area contributed by atoms with Gasteiger partial charge in [-0.15, -0.1) is 0 Å². The molecular formula is C19H30O5. The van der Waals surface area contributed by atoms with Gasteiger partial charge in [0, 0.05) is 0 Å². The van der Waals surface area contributed by atoms with Crippen LogP contribution in [0.4, 0.5) is 0 Å². The van der Waals surface area contributed by atoms with Crippen LogP contribution >= 0.6 is 0 Å². The van der Waals surface area contributed by atoms with Crippen molar-refractivity contribution in [3.05, 3.63) is 0 Å². The van der Waals surface area contributed by atoms with Crippen LogP contribution in [0, 0.1) is 29.6 Å². The Morgan fingerprint density at radius 2 is 1.58 bits per heavy atom. The first kappa shape index (κ1) is 17.7. The third-order valence-corrected chi connectivity index (χ3v) is 6.26. The summed E-state index contributed by atoms with van der Waals surface area (Å²) in [5.41, 5.74) is -0.308. The van der Waals surface area contributed by atoms with E-state index in [-0.39, 0.29) is 43.3 Å². The summed E-state index contributed by atoms with van der Waals surface area (Å²) in [6.07, 6.45) is 6.23. The van der Waals surface area contributed by atoms with Gasteiger partial charge in [-0.2, -0.15) is 0 Å². The minimum atomic E-state index is -0.308. The van der Waals surface area contributed by atoms with E-state index in [2.05, 4.69) is 6.92 Å². The second-order valence-electron chi connectivity index (χ2n) is 8.34. The Balaban J connectivity index is 1.40. The molecule has 0 spiro atoms. The standard InChI is InChI=1S/C19H30O5/c1-12(2)18(21)23-5-4-22-11-17(20)24-19(3)15-7-13-6-14(9-15)10-16(19)8-13/h12-16H,4-11H2,1-3H3. The largest absolute Gasteiger partial charge is 0.463 e. The Kier molecular flexibility index (Phi) is 5.19. The van der Waals surface area contributed by atoms with E-state index in [9.17, 15) is 9.59 Å². The Morgan fingerprint density at radius 1 is 1.00 bits per heavy atom. The van der Waals surface area contributed by atoms with E-state index in [4.69, 9.17) is 14.2 Å². The van der Waals surface area contributed by atoms with Crippen molar-refractivity contribution in [1.29, 1.82) is 0 Å². The number of rotatable bonds is 7. The summed E-state index contributed by atoms with van der Waals surface area (Å²) in [7, 11) is 0. The second kappa shape index (κ2) is 7.03. The Hall–Kier alpha value is -1.10. The molecule has 0 atom stereocenters. The van der Waals surface area contributed by atoms with Crippen molar-refractivity contribution < 1.29 is 23.8 Å². The highest BCUT2D eigenvalue weighted by Crippen LogP contribution is 2.59. The number of ether oxygens (including phenoxy) is 3. The molecule has 0 unspecified atom stereocenters. The second-order valence-corrected chi connectivity index (χ2v) is 8.34. The molecule has 0 heterocycles. The molecule has 24 heavy (non-hydrogen) atoms. The Bertz CT molecular complexity index is 456. The summed E-state index contributed by atoms with van der Waals surface area (Å²) in [5, 5.41) is 0. The first-order valence-corrected chi connectivity index (χ1v) is 9.34. The first-order chi connectivity index (χ1) is 11.4. The molecule has 4 rings (SSSR count). The van der Waals surface area contributed by atoms with Crippen LogP contribution in [0.2, 0.25) is 0 Å². The lowest BCUT2D eigenvalue weighted by Crippen LogP contribution is -2.58. The van der Waals surface area contributed by atoms with Crippen LogP contribution in [0.15, 0.2) is 0 Å². The van der Waals surface area contributed by atoms with Gasteiger partial charge < -0.3 is 14.2 Å². The maximum Gasteiger partial charge on any atom is 0.332 e. The highest BCUT2D eigenvalue weighted by molar-refractivity contribution is 5.72. The molecule has 136 valence electrons. The predicted octanol–water partition coefficient (Wildman–Crippen LogP) is 2.96. The third kappa shape index (κ3) is 3.61. The molecule has 0 radical (unpaired) electrons. The van der Waals surface area contributed by atoms with Crippen LogP contribution in [-0.4, -0.2) is 37.4 Å². The smallest absolute Gasteiger partial charge is 0.332 e. The van der Waals surface area contributed by atoms with Crippen molar-refractivity contribution in [2.24, 2.45) is 29.6 Å². The molecule has 4 aliphatic rings. The van der Waals surface area contributed by atoms with Gasteiger partial charge in [0.25, 0.3) is 0 Å². The fourth-order valence-corrected chi connectivity index (χ4v) is 5.08. The van der Waals surface area contributed by atoms with Crippen LogP contribution in [0.5, 0.6) is 0 Å². The van der Waals surface area contributed by atoms with Crippen molar-refractivity contribution in [2.45, 2.75) is 58.5 Å². The van der Waals surface area contributed by atoms with E-state index in [1.807, 2.05) is 0 Å².